The van der Waals surface area contributed by atoms with Gasteiger partial charge in [0.2, 0.25) is 0 Å². The fourth-order valence-corrected chi connectivity index (χ4v) is 4.93. The van der Waals surface area contributed by atoms with Crippen LogP contribution in [-0.2, 0) is 4.74 Å². The molecule has 2 saturated carbocycles. The summed E-state index contributed by atoms with van der Waals surface area (Å²) >= 11 is 0. The zero-order valence-electron chi connectivity index (χ0n) is 16.0. The average Bonchev–Trinajstić information content (AvgIpc) is 2.61. The molecule has 0 radical (unpaired) electrons. The highest BCUT2D eigenvalue weighted by atomic mass is 16.5. The molecule has 2 aliphatic rings. The molecule has 0 unspecified atom stereocenters. The molecule has 0 spiro atoms. The Morgan fingerprint density at radius 3 is 1.83 bits per heavy atom. The highest BCUT2D eigenvalue weighted by Gasteiger charge is 2.30. The molecule has 0 aromatic rings. The molecular weight excluding hydrogens is 280 g/mol. The van der Waals surface area contributed by atoms with Gasteiger partial charge in [-0.05, 0) is 62.7 Å². The Hall–Kier alpha value is -0.0400. The van der Waals surface area contributed by atoms with Crippen molar-refractivity contribution >= 4 is 0 Å². The van der Waals surface area contributed by atoms with E-state index in [4.69, 9.17) is 4.74 Å². The third kappa shape index (κ3) is 7.16. The van der Waals surface area contributed by atoms with Crippen LogP contribution in [-0.4, -0.2) is 12.7 Å². The highest BCUT2D eigenvalue weighted by Crippen LogP contribution is 2.41. The Kier molecular flexibility index (Phi) is 9.65. The third-order valence-electron chi connectivity index (χ3n) is 6.71. The normalized spacial score (nSPS) is 32.1. The molecule has 0 saturated heterocycles. The molecule has 136 valence electrons. The van der Waals surface area contributed by atoms with Crippen molar-refractivity contribution in [2.75, 3.05) is 6.61 Å². The van der Waals surface area contributed by atoms with Crippen LogP contribution in [0.2, 0.25) is 0 Å². The van der Waals surface area contributed by atoms with Crippen LogP contribution < -0.4 is 0 Å². The van der Waals surface area contributed by atoms with Gasteiger partial charge < -0.3 is 4.74 Å². The summed E-state index contributed by atoms with van der Waals surface area (Å²) in [6, 6.07) is 0. The van der Waals surface area contributed by atoms with Crippen molar-refractivity contribution in [3.63, 3.8) is 0 Å². The van der Waals surface area contributed by atoms with E-state index in [1.807, 2.05) is 0 Å². The molecule has 23 heavy (non-hydrogen) atoms. The molecule has 0 aliphatic heterocycles. The van der Waals surface area contributed by atoms with E-state index < -0.39 is 0 Å². The maximum atomic E-state index is 6.16. The van der Waals surface area contributed by atoms with E-state index in [-0.39, 0.29) is 0 Å². The van der Waals surface area contributed by atoms with Gasteiger partial charge in [0.15, 0.2) is 0 Å². The zero-order chi connectivity index (χ0) is 16.3. The number of unbranched alkanes of at least 4 members (excludes halogenated alkanes) is 5. The van der Waals surface area contributed by atoms with E-state index >= 15 is 0 Å². The van der Waals surface area contributed by atoms with Gasteiger partial charge in [-0.2, -0.15) is 0 Å². The Balaban J connectivity index is 1.49. The predicted molar refractivity (Wildman–Crippen MR) is 101 cm³/mol. The molecule has 0 amide bonds. The van der Waals surface area contributed by atoms with E-state index in [0.717, 1.165) is 24.4 Å². The summed E-state index contributed by atoms with van der Waals surface area (Å²) < 4.78 is 6.16. The maximum Gasteiger partial charge on any atom is 0.0575 e. The zero-order valence-corrected chi connectivity index (χ0v) is 16.0. The SMILES string of the molecule is CCCCCCCCO[C@H]1CC[C@H](C2CCC(CC)CC2)CC1. The summed E-state index contributed by atoms with van der Waals surface area (Å²) in [4.78, 5) is 0. The maximum absolute atomic E-state index is 6.16. The Bertz CT molecular complexity index is 272. The summed E-state index contributed by atoms with van der Waals surface area (Å²) in [5, 5.41) is 0. The standard InChI is InChI=1S/C22H42O/c1-3-5-6-7-8-9-18-23-22-16-14-21(15-17-22)20-12-10-19(4-2)11-13-20/h19-22H,3-18H2,1-2H3/t19?,20?,21-,22-. The second-order valence-electron chi connectivity index (χ2n) is 8.36. The van der Waals surface area contributed by atoms with Crippen LogP contribution in [0, 0.1) is 17.8 Å². The average molecular weight is 323 g/mol. The smallest absolute Gasteiger partial charge is 0.0575 e. The van der Waals surface area contributed by atoms with Gasteiger partial charge in [0.25, 0.3) is 0 Å². The van der Waals surface area contributed by atoms with Crippen LogP contribution in [0.3, 0.4) is 0 Å². The lowest BCUT2D eigenvalue weighted by atomic mass is 9.70. The van der Waals surface area contributed by atoms with E-state index in [9.17, 15) is 0 Å². The summed E-state index contributed by atoms with van der Waals surface area (Å²) in [6.45, 7) is 5.68. The summed E-state index contributed by atoms with van der Waals surface area (Å²) in [7, 11) is 0. The quantitative estimate of drug-likeness (QED) is 0.388. The van der Waals surface area contributed by atoms with E-state index in [1.54, 1.807) is 0 Å². The molecule has 0 heterocycles. The summed E-state index contributed by atoms with van der Waals surface area (Å²) in [6.07, 6.45) is 21.9. The fraction of sp³-hybridized carbons (Fsp3) is 1.00. The van der Waals surface area contributed by atoms with Crippen molar-refractivity contribution in [1.29, 1.82) is 0 Å². The molecule has 0 aromatic heterocycles. The molecule has 0 N–H and O–H groups in total. The minimum absolute atomic E-state index is 0.592. The lowest BCUT2D eigenvalue weighted by molar-refractivity contribution is 0.00536. The van der Waals surface area contributed by atoms with Crippen LogP contribution in [0.25, 0.3) is 0 Å². The molecule has 0 aromatic carbocycles. The van der Waals surface area contributed by atoms with Crippen molar-refractivity contribution in [2.45, 2.75) is 116 Å². The molecule has 2 rings (SSSR count). The van der Waals surface area contributed by atoms with Gasteiger partial charge in [-0.1, -0.05) is 65.2 Å². The van der Waals surface area contributed by atoms with E-state index in [0.29, 0.717) is 6.10 Å². The van der Waals surface area contributed by atoms with Crippen molar-refractivity contribution in [2.24, 2.45) is 17.8 Å². The van der Waals surface area contributed by atoms with Crippen molar-refractivity contribution in [1.82, 2.24) is 0 Å². The highest BCUT2D eigenvalue weighted by molar-refractivity contribution is 4.82. The molecule has 0 atom stereocenters. The first-order valence-corrected chi connectivity index (χ1v) is 10.9. The monoisotopic (exact) mass is 322 g/mol. The number of ether oxygens (including phenoxy) is 1. The molecule has 2 fully saturated rings. The fourth-order valence-electron chi connectivity index (χ4n) is 4.93. The van der Waals surface area contributed by atoms with Gasteiger partial charge in [0.05, 0.1) is 6.10 Å². The van der Waals surface area contributed by atoms with Gasteiger partial charge in [-0.15, -0.1) is 0 Å². The molecule has 1 heteroatoms. The minimum atomic E-state index is 0.592. The lowest BCUT2D eigenvalue weighted by Gasteiger charge is -2.37. The van der Waals surface area contributed by atoms with Gasteiger partial charge in [-0.25, -0.2) is 0 Å². The Morgan fingerprint density at radius 1 is 0.652 bits per heavy atom. The Morgan fingerprint density at radius 2 is 1.22 bits per heavy atom. The van der Waals surface area contributed by atoms with Crippen LogP contribution in [0.5, 0.6) is 0 Å². The Labute approximate surface area is 146 Å². The summed E-state index contributed by atoms with van der Waals surface area (Å²) in [5.74, 6) is 3.13. The molecule has 1 nitrogen and oxygen atoms in total. The summed E-state index contributed by atoms with van der Waals surface area (Å²) in [5.41, 5.74) is 0. The van der Waals surface area contributed by atoms with Gasteiger partial charge in [-0.3, -0.25) is 0 Å². The van der Waals surface area contributed by atoms with Crippen LogP contribution in [0.4, 0.5) is 0 Å². The van der Waals surface area contributed by atoms with Crippen molar-refractivity contribution < 1.29 is 4.74 Å². The second kappa shape index (κ2) is 11.5. The number of hydrogen-bond donors (Lipinski definition) is 0. The molecule has 2 aliphatic carbocycles. The van der Waals surface area contributed by atoms with E-state index in [2.05, 4.69) is 13.8 Å². The second-order valence-corrected chi connectivity index (χ2v) is 8.36. The van der Waals surface area contributed by atoms with Gasteiger partial charge in [0.1, 0.15) is 0 Å². The largest absolute Gasteiger partial charge is 0.378 e. The van der Waals surface area contributed by atoms with E-state index in [1.165, 1.54) is 96.3 Å². The van der Waals surface area contributed by atoms with Crippen molar-refractivity contribution in [3.8, 4) is 0 Å². The predicted octanol–water partition coefficient (Wildman–Crippen LogP) is 7.14. The first-order valence-electron chi connectivity index (χ1n) is 10.9. The van der Waals surface area contributed by atoms with Crippen molar-refractivity contribution in [3.05, 3.63) is 0 Å². The van der Waals surface area contributed by atoms with Crippen LogP contribution >= 0.6 is 0 Å². The lowest BCUT2D eigenvalue weighted by Crippen LogP contribution is -2.28. The molecule has 0 bridgehead atoms. The minimum Gasteiger partial charge on any atom is -0.378 e. The third-order valence-corrected chi connectivity index (χ3v) is 6.71. The number of hydrogen-bond acceptors (Lipinski definition) is 1. The first-order chi connectivity index (χ1) is 11.3. The molecular formula is C22H42O. The first kappa shape index (κ1) is 19.3. The topological polar surface area (TPSA) is 9.23 Å². The van der Waals surface area contributed by atoms with Gasteiger partial charge >= 0.3 is 0 Å². The van der Waals surface area contributed by atoms with Crippen LogP contribution in [0.1, 0.15) is 110 Å². The van der Waals surface area contributed by atoms with Crippen LogP contribution in [0.15, 0.2) is 0 Å². The van der Waals surface area contributed by atoms with Gasteiger partial charge in [0, 0.05) is 6.61 Å². The number of rotatable bonds is 10.